The van der Waals surface area contributed by atoms with Gasteiger partial charge in [0, 0.05) is 37.5 Å². The first kappa shape index (κ1) is 21.9. The fraction of sp³-hybridized carbons (Fsp3) is 0.421. The van der Waals surface area contributed by atoms with E-state index in [0.717, 1.165) is 55.5 Å². The van der Waals surface area contributed by atoms with Gasteiger partial charge in [-0.05, 0) is 37.7 Å². The highest BCUT2D eigenvalue weighted by Gasteiger charge is 2.28. The number of hydrogen-bond acceptors (Lipinski definition) is 7. The van der Waals surface area contributed by atoms with Crippen molar-refractivity contribution >= 4 is 57.0 Å². The number of halogens is 1. The number of aliphatic imine (C=N–C) groups is 2. The molecule has 154 valence electrons. The molecule has 10 heteroatoms. The Balaban J connectivity index is 1.80. The number of hydrogen-bond donors (Lipinski definition) is 0. The molecule has 1 fully saturated rings. The maximum atomic E-state index is 11.4. The second-order valence-electron chi connectivity index (χ2n) is 6.88. The Morgan fingerprint density at radius 3 is 2.90 bits per heavy atom. The summed E-state index contributed by atoms with van der Waals surface area (Å²) in [7, 11) is -0.603. The summed E-state index contributed by atoms with van der Waals surface area (Å²) >= 11 is 2.34. The molecule has 1 aromatic rings. The van der Waals surface area contributed by atoms with Crippen molar-refractivity contribution in [3.05, 3.63) is 41.5 Å². The SMILES string of the molecule is CN1CCCN(C2N=C(c3cccc(/C=C/C(=O)N=S(=O)=O)c3)C=N[C@H]2I)CC1. The van der Waals surface area contributed by atoms with Gasteiger partial charge in [-0.2, -0.15) is 8.42 Å². The van der Waals surface area contributed by atoms with E-state index in [1.54, 1.807) is 6.21 Å². The average Bonchev–Trinajstić information content (AvgIpc) is 2.91. The topological polar surface area (TPSA) is 94.8 Å². The van der Waals surface area contributed by atoms with Gasteiger partial charge in [-0.25, -0.2) is 0 Å². The van der Waals surface area contributed by atoms with E-state index >= 15 is 0 Å². The summed E-state index contributed by atoms with van der Waals surface area (Å²) < 4.78 is 23.9. The number of carbonyl (C=O) groups is 1. The van der Waals surface area contributed by atoms with Gasteiger partial charge in [0.1, 0.15) is 10.2 Å². The van der Waals surface area contributed by atoms with Crippen molar-refractivity contribution < 1.29 is 13.2 Å². The Hall–Kier alpha value is -1.76. The van der Waals surface area contributed by atoms with Crippen LogP contribution in [0.15, 0.2) is 44.7 Å². The molecule has 2 atom stereocenters. The molecule has 0 aromatic heterocycles. The Bertz CT molecular complexity index is 981. The van der Waals surface area contributed by atoms with E-state index in [9.17, 15) is 13.2 Å². The molecular weight excluding hydrogens is 505 g/mol. The number of rotatable bonds is 4. The number of benzene rings is 1. The average molecular weight is 527 g/mol. The van der Waals surface area contributed by atoms with Gasteiger partial charge in [-0.1, -0.05) is 45.2 Å². The van der Waals surface area contributed by atoms with Gasteiger partial charge in [0.05, 0.1) is 5.71 Å². The molecule has 0 N–H and O–H groups in total. The summed E-state index contributed by atoms with van der Waals surface area (Å²) in [6.45, 7) is 4.06. The van der Waals surface area contributed by atoms with Crippen molar-refractivity contribution in [1.29, 1.82) is 0 Å². The van der Waals surface area contributed by atoms with E-state index in [0.29, 0.717) is 0 Å². The Morgan fingerprint density at radius 2 is 2.10 bits per heavy atom. The van der Waals surface area contributed by atoms with Crippen LogP contribution >= 0.6 is 22.6 Å². The van der Waals surface area contributed by atoms with Crippen LogP contribution in [0.2, 0.25) is 0 Å². The van der Waals surface area contributed by atoms with Gasteiger partial charge >= 0.3 is 10.5 Å². The maximum absolute atomic E-state index is 11.4. The highest BCUT2D eigenvalue weighted by atomic mass is 127. The molecule has 0 saturated carbocycles. The second-order valence-corrected chi connectivity index (χ2v) is 8.77. The summed E-state index contributed by atoms with van der Waals surface area (Å²) in [5, 5.41) is 0. The quantitative estimate of drug-likeness (QED) is 0.258. The zero-order valence-electron chi connectivity index (χ0n) is 16.0. The van der Waals surface area contributed by atoms with Crippen LogP contribution in [0.4, 0.5) is 0 Å². The predicted octanol–water partition coefficient (Wildman–Crippen LogP) is 1.89. The number of nitrogens with zero attached hydrogens (tertiary/aromatic N) is 5. The normalized spacial score (nSPS) is 23.6. The van der Waals surface area contributed by atoms with Crippen molar-refractivity contribution in [3.63, 3.8) is 0 Å². The first-order valence-corrected chi connectivity index (χ1v) is 11.5. The standard InChI is InChI=1S/C19H22IN5O3S/c1-24-8-3-9-25(11-10-24)19-18(20)21-13-16(22-19)15-5-2-4-14(12-15)6-7-17(26)23-29(27)28/h2,4-7,12-13,18-19H,3,8-11H2,1H3/b7-6+/t18-,19?/m1/s1. The molecule has 0 aliphatic carbocycles. The Kier molecular flexibility index (Phi) is 7.81. The van der Waals surface area contributed by atoms with Gasteiger partial charge < -0.3 is 4.90 Å². The van der Waals surface area contributed by atoms with Gasteiger partial charge in [0.25, 0.3) is 5.91 Å². The van der Waals surface area contributed by atoms with Crippen LogP contribution in [0, 0.1) is 0 Å². The zero-order chi connectivity index (χ0) is 20.8. The van der Waals surface area contributed by atoms with E-state index in [1.807, 2.05) is 24.3 Å². The van der Waals surface area contributed by atoms with E-state index in [2.05, 4.69) is 48.8 Å². The minimum Gasteiger partial charge on any atom is -0.305 e. The smallest absolute Gasteiger partial charge is 0.305 e. The molecule has 3 rings (SSSR count). The van der Waals surface area contributed by atoms with E-state index in [1.165, 1.54) is 6.08 Å². The van der Waals surface area contributed by atoms with Crippen LogP contribution in [-0.4, -0.2) is 79.5 Å². The zero-order valence-corrected chi connectivity index (χ0v) is 19.0. The van der Waals surface area contributed by atoms with Crippen molar-refractivity contribution in [2.75, 3.05) is 33.2 Å². The lowest BCUT2D eigenvalue weighted by atomic mass is 10.1. The molecule has 2 aliphatic rings. The van der Waals surface area contributed by atoms with Crippen LogP contribution in [0.3, 0.4) is 0 Å². The van der Waals surface area contributed by atoms with E-state index in [-0.39, 0.29) is 10.2 Å². The lowest BCUT2D eigenvalue weighted by molar-refractivity contribution is -0.113. The molecule has 1 aromatic carbocycles. The Morgan fingerprint density at radius 1 is 1.28 bits per heavy atom. The summed E-state index contributed by atoms with van der Waals surface area (Å²) in [5.74, 6) is -0.820. The molecular formula is C19H22IN5O3S. The number of carbonyl (C=O) groups excluding carboxylic acids is 1. The van der Waals surface area contributed by atoms with Crippen LogP contribution < -0.4 is 0 Å². The minimum atomic E-state index is -2.75. The van der Waals surface area contributed by atoms with Gasteiger partial charge in [0.15, 0.2) is 0 Å². The third-order valence-corrected chi connectivity index (χ3v) is 6.04. The number of amides is 1. The predicted molar refractivity (Wildman–Crippen MR) is 122 cm³/mol. The number of likely N-dealkylation sites (N-methyl/N-ethyl adjacent to an activating group) is 1. The largest absolute Gasteiger partial charge is 0.319 e. The monoisotopic (exact) mass is 527 g/mol. The molecule has 0 bridgehead atoms. The highest BCUT2D eigenvalue weighted by molar-refractivity contribution is 14.1. The molecule has 2 aliphatic heterocycles. The summed E-state index contributed by atoms with van der Waals surface area (Å²) in [6.07, 6.45) is 5.56. The van der Waals surface area contributed by atoms with Crippen molar-refractivity contribution in [1.82, 2.24) is 9.80 Å². The third-order valence-electron chi connectivity index (χ3n) is 4.75. The first-order chi connectivity index (χ1) is 13.9. The fourth-order valence-electron chi connectivity index (χ4n) is 3.26. The molecule has 2 heterocycles. The minimum absolute atomic E-state index is 0.00582. The molecule has 29 heavy (non-hydrogen) atoms. The Labute approximate surface area is 185 Å². The number of alkyl halides is 1. The van der Waals surface area contributed by atoms with Crippen molar-refractivity contribution in [2.24, 2.45) is 14.3 Å². The summed E-state index contributed by atoms with van der Waals surface area (Å²) in [5.41, 5.74) is 2.45. The van der Waals surface area contributed by atoms with Crippen LogP contribution in [0.1, 0.15) is 17.5 Å². The fourth-order valence-corrected chi connectivity index (χ4v) is 4.25. The van der Waals surface area contributed by atoms with Gasteiger partial charge in [-0.3, -0.25) is 19.7 Å². The van der Waals surface area contributed by atoms with Gasteiger partial charge in [0.2, 0.25) is 0 Å². The first-order valence-electron chi connectivity index (χ1n) is 9.23. The summed E-state index contributed by atoms with van der Waals surface area (Å²) in [6, 6.07) is 7.53. The van der Waals surface area contributed by atoms with Crippen molar-refractivity contribution in [3.8, 4) is 0 Å². The van der Waals surface area contributed by atoms with Crippen LogP contribution in [0.5, 0.6) is 0 Å². The molecule has 1 saturated heterocycles. The lowest BCUT2D eigenvalue weighted by Gasteiger charge is -2.31. The lowest BCUT2D eigenvalue weighted by Crippen LogP contribution is -2.43. The molecule has 8 nitrogen and oxygen atoms in total. The van der Waals surface area contributed by atoms with Crippen LogP contribution in [-0.2, 0) is 15.3 Å². The van der Waals surface area contributed by atoms with E-state index < -0.39 is 16.4 Å². The maximum Gasteiger partial charge on any atom is 0.319 e. The third kappa shape index (κ3) is 6.36. The molecule has 0 spiro atoms. The summed E-state index contributed by atoms with van der Waals surface area (Å²) in [4.78, 5) is 25.8. The molecule has 0 radical (unpaired) electrons. The highest BCUT2D eigenvalue weighted by Crippen LogP contribution is 2.22. The van der Waals surface area contributed by atoms with Gasteiger partial charge in [-0.15, -0.1) is 0 Å². The van der Waals surface area contributed by atoms with Crippen LogP contribution in [0.25, 0.3) is 6.08 Å². The second kappa shape index (κ2) is 10.3. The molecule has 1 amide bonds. The van der Waals surface area contributed by atoms with E-state index in [4.69, 9.17) is 4.99 Å². The van der Waals surface area contributed by atoms with Crippen molar-refractivity contribution in [2.45, 2.75) is 16.6 Å². The molecule has 1 unspecified atom stereocenters.